The zero-order valence-corrected chi connectivity index (χ0v) is 11.1. The van der Waals surface area contributed by atoms with Crippen molar-refractivity contribution < 1.29 is 14.7 Å². The van der Waals surface area contributed by atoms with Crippen molar-refractivity contribution in [1.29, 1.82) is 0 Å². The fourth-order valence-corrected chi connectivity index (χ4v) is 1.69. The molecule has 0 aliphatic rings. The fourth-order valence-electron chi connectivity index (χ4n) is 1.69. The predicted octanol–water partition coefficient (Wildman–Crippen LogP) is -0.107. The number of urea groups is 1. The number of hydrogen-bond acceptors (Lipinski definition) is 4. The van der Waals surface area contributed by atoms with E-state index in [-0.39, 0.29) is 12.5 Å². The van der Waals surface area contributed by atoms with Gasteiger partial charge in [-0.2, -0.15) is 0 Å². The summed E-state index contributed by atoms with van der Waals surface area (Å²) in [4.78, 5) is 22.9. The molecule has 7 nitrogen and oxygen atoms in total. The van der Waals surface area contributed by atoms with Crippen LogP contribution in [-0.4, -0.2) is 29.6 Å². The molecule has 1 aromatic carbocycles. The van der Waals surface area contributed by atoms with Crippen LogP contribution < -0.4 is 22.1 Å². The number of aliphatic hydroxyl groups is 1. The highest BCUT2D eigenvalue weighted by atomic mass is 16.3. The van der Waals surface area contributed by atoms with E-state index < -0.39 is 12.1 Å². The number of rotatable bonds is 7. The zero-order valence-electron chi connectivity index (χ0n) is 11.1. The number of benzene rings is 1. The van der Waals surface area contributed by atoms with Crippen LogP contribution in [-0.2, 0) is 11.4 Å². The lowest BCUT2D eigenvalue weighted by Gasteiger charge is -2.17. The van der Waals surface area contributed by atoms with E-state index in [0.717, 1.165) is 5.56 Å². The molecule has 1 atom stereocenters. The first-order valence-corrected chi connectivity index (χ1v) is 6.33. The van der Waals surface area contributed by atoms with Gasteiger partial charge >= 0.3 is 6.03 Å². The summed E-state index contributed by atoms with van der Waals surface area (Å²) < 4.78 is 0. The Morgan fingerprint density at radius 2 is 1.90 bits per heavy atom. The van der Waals surface area contributed by atoms with Crippen LogP contribution in [0.5, 0.6) is 0 Å². The number of carbonyl (C=O) groups excluding carboxylic acids is 2. The SMILES string of the molecule is NCCC[C@H](NC(N)=O)C(=O)Nc1ccc(CO)cc1. The van der Waals surface area contributed by atoms with Crippen molar-refractivity contribution in [2.24, 2.45) is 11.5 Å². The monoisotopic (exact) mass is 280 g/mol. The van der Waals surface area contributed by atoms with E-state index in [1.54, 1.807) is 24.3 Å². The number of nitrogens with two attached hydrogens (primary N) is 2. The van der Waals surface area contributed by atoms with E-state index in [1.807, 2.05) is 0 Å². The van der Waals surface area contributed by atoms with E-state index >= 15 is 0 Å². The molecule has 0 aromatic heterocycles. The summed E-state index contributed by atoms with van der Waals surface area (Å²) in [6.07, 6.45) is 1.02. The van der Waals surface area contributed by atoms with Crippen LogP contribution in [0, 0.1) is 0 Å². The highest BCUT2D eigenvalue weighted by Crippen LogP contribution is 2.10. The molecule has 0 radical (unpaired) electrons. The number of hydrogen-bond donors (Lipinski definition) is 5. The van der Waals surface area contributed by atoms with Gasteiger partial charge in [-0.05, 0) is 37.1 Å². The maximum atomic E-state index is 12.0. The summed E-state index contributed by atoms with van der Waals surface area (Å²) in [5, 5.41) is 14.0. The molecule has 7 heteroatoms. The molecule has 0 spiro atoms. The Hall–Kier alpha value is -2.12. The molecule has 0 aliphatic heterocycles. The summed E-state index contributed by atoms with van der Waals surface area (Å²) in [6, 6.07) is 5.28. The lowest BCUT2D eigenvalue weighted by atomic mass is 10.1. The lowest BCUT2D eigenvalue weighted by Crippen LogP contribution is -2.46. The fraction of sp³-hybridized carbons (Fsp3) is 0.385. The van der Waals surface area contributed by atoms with Gasteiger partial charge in [0.1, 0.15) is 6.04 Å². The third kappa shape index (κ3) is 5.25. The second-order valence-electron chi connectivity index (χ2n) is 4.34. The van der Waals surface area contributed by atoms with Gasteiger partial charge in [-0.3, -0.25) is 4.79 Å². The standard InChI is InChI=1S/C13H20N4O3/c14-7-1-2-11(17-13(15)20)12(19)16-10-5-3-9(8-18)4-6-10/h3-6,11,18H,1-2,7-8,14H2,(H,16,19)(H3,15,17,20)/t11-/m0/s1. The Morgan fingerprint density at radius 3 is 2.40 bits per heavy atom. The van der Waals surface area contributed by atoms with Crippen LogP contribution in [0.25, 0.3) is 0 Å². The van der Waals surface area contributed by atoms with Crippen molar-refractivity contribution in [3.8, 4) is 0 Å². The third-order valence-corrected chi connectivity index (χ3v) is 2.73. The number of anilines is 1. The van der Waals surface area contributed by atoms with Crippen molar-refractivity contribution in [2.45, 2.75) is 25.5 Å². The number of aliphatic hydroxyl groups excluding tert-OH is 1. The Bertz CT molecular complexity index is 447. The van der Waals surface area contributed by atoms with Crippen molar-refractivity contribution in [3.05, 3.63) is 29.8 Å². The van der Waals surface area contributed by atoms with Gasteiger partial charge in [0.05, 0.1) is 6.61 Å². The van der Waals surface area contributed by atoms with Gasteiger partial charge in [0, 0.05) is 5.69 Å². The molecular formula is C13H20N4O3. The first-order valence-electron chi connectivity index (χ1n) is 6.33. The quantitative estimate of drug-likeness (QED) is 0.477. The van der Waals surface area contributed by atoms with Gasteiger partial charge in [0.25, 0.3) is 0 Å². The van der Waals surface area contributed by atoms with Crippen LogP contribution in [0.2, 0.25) is 0 Å². The molecule has 0 saturated carbocycles. The molecular weight excluding hydrogens is 260 g/mol. The highest BCUT2D eigenvalue weighted by molar-refractivity contribution is 5.96. The molecule has 3 amide bonds. The summed E-state index contributed by atoms with van der Waals surface area (Å²) >= 11 is 0. The predicted molar refractivity (Wildman–Crippen MR) is 75.8 cm³/mol. The van der Waals surface area contributed by atoms with E-state index in [9.17, 15) is 9.59 Å². The van der Waals surface area contributed by atoms with Crippen LogP contribution in [0.4, 0.5) is 10.5 Å². The van der Waals surface area contributed by atoms with Gasteiger partial charge in [-0.1, -0.05) is 12.1 Å². The van der Waals surface area contributed by atoms with Crippen molar-refractivity contribution in [1.82, 2.24) is 5.32 Å². The second-order valence-corrected chi connectivity index (χ2v) is 4.34. The summed E-state index contributed by atoms with van der Waals surface area (Å²) in [7, 11) is 0. The van der Waals surface area contributed by atoms with E-state index in [0.29, 0.717) is 25.1 Å². The van der Waals surface area contributed by atoms with Gasteiger partial charge in [0.2, 0.25) is 5.91 Å². The molecule has 20 heavy (non-hydrogen) atoms. The lowest BCUT2D eigenvalue weighted by molar-refractivity contribution is -0.118. The largest absolute Gasteiger partial charge is 0.392 e. The molecule has 0 saturated heterocycles. The first kappa shape index (κ1) is 15.9. The van der Waals surface area contributed by atoms with Gasteiger partial charge in [0.15, 0.2) is 0 Å². The minimum atomic E-state index is -0.752. The normalized spacial score (nSPS) is 11.7. The zero-order chi connectivity index (χ0) is 15.0. The first-order chi connectivity index (χ1) is 9.56. The Morgan fingerprint density at radius 1 is 1.25 bits per heavy atom. The number of primary amides is 1. The van der Waals surface area contributed by atoms with Crippen LogP contribution in [0.15, 0.2) is 24.3 Å². The van der Waals surface area contributed by atoms with Crippen molar-refractivity contribution in [3.63, 3.8) is 0 Å². The van der Waals surface area contributed by atoms with Crippen molar-refractivity contribution >= 4 is 17.6 Å². The topological polar surface area (TPSA) is 130 Å². The maximum absolute atomic E-state index is 12.0. The maximum Gasteiger partial charge on any atom is 0.312 e. The van der Waals surface area contributed by atoms with Gasteiger partial charge in [-0.25, -0.2) is 4.79 Å². The van der Waals surface area contributed by atoms with E-state index in [4.69, 9.17) is 16.6 Å². The smallest absolute Gasteiger partial charge is 0.312 e. The molecule has 7 N–H and O–H groups in total. The molecule has 110 valence electrons. The van der Waals surface area contributed by atoms with Crippen LogP contribution in [0.3, 0.4) is 0 Å². The minimum Gasteiger partial charge on any atom is -0.392 e. The Labute approximate surface area is 117 Å². The highest BCUT2D eigenvalue weighted by Gasteiger charge is 2.19. The molecule has 0 fully saturated rings. The van der Waals surface area contributed by atoms with E-state index in [1.165, 1.54) is 0 Å². The Kier molecular flexibility index (Phi) is 6.48. The molecule has 1 rings (SSSR count). The molecule has 0 heterocycles. The second kappa shape index (κ2) is 8.13. The number of carbonyl (C=O) groups is 2. The summed E-state index contributed by atoms with van der Waals surface area (Å²) in [5.41, 5.74) is 11.8. The molecule has 0 unspecified atom stereocenters. The summed E-state index contributed by atoms with van der Waals surface area (Å²) in [5.74, 6) is -0.353. The average Bonchev–Trinajstić information content (AvgIpc) is 2.43. The molecule has 0 aliphatic carbocycles. The number of amides is 3. The Balaban J connectivity index is 2.65. The van der Waals surface area contributed by atoms with E-state index in [2.05, 4.69) is 10.6 Å². The third-order valence-electron chi connectivity index (χ3n) is 2.73. The average molecular weight is 280 g/mol. The number of nitrogens with one attached hydrogen (secondary N) is 2. The molecule has 0 bridgehead atoms. The van der Waals surface area contributed by atoms with Crippen LogP contribution >= 0.6 is 0 Å². The van der Waals surface area contributed by atoms with Crippen LogP contribution in [0.1, 0.15) is 18.4 Å². The molecule has 1 aromatic rings. The van der Waals surface area contributed by atoms with Gasteiger partial charge < -0.3 is 27.2 Å². The van der Waals surface area contributed by atoms with Gasteiger partial charge in [-0.15, -0.1) is 0 Å². The minimum absolute atomic E-state index is 0.0589. The summed E-state index contributed by atoms with van der Waals surface area (Å²) in [6.45, 7) is 0.367. The van der Waals surface area contributed by atoms with Crippen molar-refractivity contribution in [2.75, 3.05) is 11.9 Å².